The zero-order valence-electron chi connectivity index (χ0n) is 14.0. The van der Waals surface area contributed by atoms with Gasteiger partial charge in [0.15, 0.2) is 0 Å². The lowest BCUT2D eigenvalue weighted by molar-refractivity contribution is -0.123. The summed E-state index contributed by atoms with van der Waals surface area (Å²) in [5, 5.41) is 3.93. The lowest BCUT2D eigenvalue weighted by atomic mass is 9.81. The first-order valence-corrected chi connectivity index (χ1v) is 9.12. The molecule has 0 bridgehead atoms. The second kappa shape index (κ2) is 7.85. The van der Waals surface area contributed by atoms with Gasteiger partial charge in [0.25, 0.3) is 0 Å². The van der Waals surface area contributed by atoms with E-state index in [0.717, 1.165) is 31.2 Å². The second-order valence-corrected chi connectivity index (χ2v) is 7.18. The van der Waals surface area contributed by atoms with Crippen molar-refractivity contribution < 1.29 is 4.79 Å². The fourth-order valence-electron chi connectivity index (χ4n) is 3.53. The third-order valence-corrected chi connectivity index (χ3v) is 5.36. The summed E-state index contributed by atoms with van der Waals surface area (Å²) in [7, 11) is 0. The van der Waals surface area contributed by atoms with Crippen molar-refractivity contribution in [2.24, 2.45) is 0 Å². The molecule has 1 saturated carbocycles. The average Bonchev–Trinajstić information content (AvgIpc) is 2.63. The van der Waals surface area contributed by atoms with E-state index in [1.54, 1.807) is 0 Å². The van der Waals surface area contributed by atoms with Crippen molar-refractivity contribution in [2.75, 3.05) is 0 Å². The van der Waals surface area contributed by atoms with Crippen molar-refractivity contribution in [2.45, 2.75) is 50.5 Å². The molecular formula is C21H24ClNO. The normalized spacial score (nSPS) is 21.9. The zero-order valence-corrected chi connectivity index (χ0v) is 14.8. The molecule has 24 heavy (non-hydrogen) atoms. The van der Waals surface area contributed by atoms with E-state index in [2.05, 4.69) is 35.6 Å². The van der Waals surface area contributed by atoms with E-state index in [4.69, 9.17) is 11.6 Å². The van der Waals surface area contributed by atoms with Crippen LogP contribution in [-0.4, -0.2) is 11.9 Å². The molecule has 0 saturated heterocycles. The van der Waals surface area contributed by atoms with E-state index in [0.29, 0.717) is 17.0 Å². The number of hydrogen-bond donors (Lipinski definition) is 1. The summed E-state index contributed by atoms with van der Waals surface area (Å²) >= 11 is 5.92. The van der Waals surface area contributed by atoms with Crippen LogP contribution in [0.15, 0.2) is 54.6 Å². The van der Waals surface area contributed by atoms with Crippen molar-refractivity contribution >= 4 is 17.5 Å². The molecule has 2 nitrogen and oxygen atoms in total. The highest BCUT2D eigenvalue weighted by Crippen LogP contribution is 2.33. The van der Waals surface area contributed by atoms with Crippen molar-refractivity contribution in [3.05, 3.63) is 70.7 Å². The van der Waals surface area contributed by atoms with Gasteiger partial charge in [-0.05, 0) is 61.8 Å². The zero-order chi connectivity index (χ0) is 16.9. The molecule has 3 rings (SSSR count). The number of amides is 1. The van der Waals surface area contributed by atoms with Crippen LogP contribution in [0.5, 0.6) is 0 Å². The maximum atomic E-state index is 12.5. The van der Waals surface area contributed by atoms with Crippen molar-refractivity contribution in [3.8, 4) is 0 Å². The lowest BCUT2D eigenvalue weighted by Gasteiger charge is -2.30. The van der Waals surface area contributed by atoms with Crippen molar-refractivity contribution in [1.29, 1.82) is 0 Å². The topological polar surface area (TPSA) is 29.1 Å². The summed E-state index contributed by atoms with van der Waals surface area (Å²) in [6.45, 7) is 1.95. The number of carbonyl (C=O) groups is 1. The standard InChI is InChI=1S/C21H24ClNO/c1-15(16-7-11-19(22)12-8-16)21(24)23-20-13-9-18(10-14-20)17-5-3-2-4-6-17/h2-8,11-12,15,18,20H,9-10,13-14H2,1H3,(H,23,24). The van der Waals surface area contributed by atoms with Crippen molar-refractivity contribution in [3.63, 3.8) is 0 Å². The first-order chi connectivity index (χ1) is 11.6. The summed E-state index contributed by atoms with van der Waals surface area (Å²) in [6.07, 6.45) is 4.39. The van der Waals surface area contributed by atoms with Crippen LogP contribution in [0.1, 0.15) is 55.6 Å². The van der Waals surface area contributed by atoms with Gasteiger partial charge in [-0.15, -0.1) is 0 Å². The van der Waals surface area contributed by atoms with Crippen LogP contribution in [0.3, 0.4) is 0 Å². The van der Waals surface area contributed by atoms with Gasteiger partial charge < -0.3 is 5.32 Å². The summed E-state index contributed by atoms with van der Waals surface area (Å²) in [4.78, 5) is 12.5. The molecule has 2 aromatic carbocycles. The van der Waals surface area contributed by atoms with Crippen molar-refractivity contribution in [1.82, 2.24) is 5.32 Å². The molecule has 0 aromatic heterocycles. The van der Waals surface area contributed by atoms with Gasteiger partial charge in [-0.2, -0.15) is 0 Å². The Morgan fingerprint density at radius 1 is 1.00 bits per heavy atom. The molecule has 1 N–H and O–H groups in total. The minimum Gasteiger partial charge on any atom is -0.353 e. The largest absolute Gasteiger partial charge is 0.353 e. The first kappa shape index (κ1) is 17.0. The maximum absolute atomic E-state index is 12.5. The molecule has 1 amide bonds. The van der Waals surface area contributed by atoms with Gasteiger partial charge in [0.05, 0.1) is 5.92 Å². The molecule has 0 heterocycles. The second-order valence-electron chi connectivity index (χ2n) is 6.74. The smallest absolute Gasteiger partial charge is 0.227 e. The molecule has 1 unspecified atom stereocenters. The Labute approximate surface area is 149 Å². The van der Waals surface area contributed by atoms with Crippen LogP contribution in [0.25, 0.3) is 0 Å². The molecule has 126 valence electrons. The van der Waals surface area contributed by atoms with Crippen LogP contribution in [-0.2, 0) is 4.79 Å². The molecule has 0 aliphatic heterocycles. The Morgan fingerprint density at radius 2 is 1.62 bits per heavy atom. The Hall–Kier alpha value is -1.80. The molecule has 1 aliphatic carbocycles. The van der Waals surface area contributed by atoms with Crippen LogP contribution < -0.4 is 5.32 Å². The highest BCUT2D eigenvalue weighted by Gasteiger charge is 2.25. The molecule has 3 heteroatoms. The number of rotatable bonds is 4. The molecule has 1 fully saturated rings. The van der Waals surface area contributed by atoms with Crippen LogP contribution in [0.2, 0.25) is 5.02 Å². The van der Waals surface area contributed by atoms with E-state index in [1.807, 2.05) is 31.2 Å². The maximum Gasteiger partial charge on any atom is 0.227 e. The predicted molar refractivity (Wildman–Crippen MR) is 99.4 cm³/mol. The Morgan fingerprint density at radius 3 is 2.25 bits per heavy atom. The minimum atomic E-state index is -0.144. The SMILES string of the molecule is CC(C(=O)NC1CCC(c2ccccc2)CC1)c1ccc(Cl)cc1. The quantitative estimate of drug-likeness (QED) is 0.804. The third-order valence-electron chi connectivity index (χ3n) is 5.11. The van der Waals surface area contributed by atoms with Crippen LogP contribution in [0.4, 0.5) is 0 Å². The monoisotopic (exact) mass is 341 g/mol. The summed E-state index contributed by atoms with van der Waals surface area (Å²) in [5.41, 5.74) is 2.44. The first-order valence-electron chi connectivity index (χ1n) is 8.74. The van der Waals surface area contributed by atoms with Gasteiger partial charge in [-0.3, -0.25) is 4.79 Å². The number of hydrogen-bond acceptors (Lipinski definition) is 1. The van der Waals surface area contributed by atoms with Crippen LogP contribution in [0, 0.1) is 0 Å². The molecular weight excluding hydrogens is 318 g/mol. The van der Waals surface area contributed by atoms with Gasteiger partial charge in [-0.25, -0.2) is 0 Å². The van der Waals surface area contributed by atoms with Gasteiger partial charge >= 0.3 is 0 Å². The molecule has 1 atom stereocenters. The summed E-state index contributed by atoms with van der Waals surface area (Å²) in [6, 6.07) is 18.5. The Kier molecular flexibility index (Phi) is 5.57. The summed E-state index contributed by atoms with van der Waals surface area (Å²) in [5.74, 6) is 0.600. The minimum absolute atomic E-state index is 0.112. The fraction of sp³-hybridized carbons (Fsp3) is 0.381. The predicted octanol–water partition coefficient (Wildman–Crippen LogP) is 5.29. The molecule has 1 aliphatic rings. The van der Waals surface area contributed by atoms with Gasteiger partial charge in [-0.1, -0.05) is 54.1 Å². The molecule has 0 radical (unpaired) electrons. The average molecular weight is 342 g/mol. The van der Waals surface area contributed by atoms with Gasteiger partial charge in [0.2, 0.25) is 5.91 Å². The number of benzene rings is 2. The van der Waals surface area contributed by atoms with Gasteiger partial charge in [0, 0.05) is 11.1 Å². The van der Waals surface area contributed by atoms with Crippen LogP contribution >= 0.6 is 11.6 Å². The molecule has 2 aromatic rings. The Balaban J connectivity index is 1.52. The molecule has 0 spiro atoms. The third kappa shape index (κ3) is 4.18. The Bertz CT molecular complexity index is 660. The number of nitrogens with one attached hydrogen (secondary N) is 1. The highest BCUT2D eigenvalue weighted by atomic mass is 35.5. The van der Waals surface area contributed by atoms with E-state index in [1.165, 1.54) is 5.56 Å². The number of halogens is 1. The van der Waals surface area contributed by atoms with Gasteiger partial charge in [0.1, 0.15) is 0 Å². The highest BCUT2D eigenvalue weighted by molar-refractivity contribution is 6.30. The lowest BCUT2D eigenvalue weighted by Crippen LogP contribution is -2.39. The fourth-order valence-corrected chi connectivity index (χ4v) is 3.65. The van der Waals surface area contributed by atoms with E-state index in [9.17, 15) is 4.79 Å². The number of carbonyl (C=O) groups excluding carboxylic acids is 1. The van der Waals surface area contributed by atoms with E-state index >= 15 is 0 Å². The van der Waals surface area contributed by atoms with E-state index in [-0.39, 0.29) is 11.8 Å². The summed E-state index contributed by atoms with van der Waals surface area (Å²) < 4.78 is 0. The van der Waals surface area contributed by atoms with E-state index < -0.39 is 0 Å².